The first-order valence-corrected chi connectivity index (χ1v) is 12.7. The van der Waals surface area contributed by atoms with Gasteiger partial charge in [0.2, 0.25) is 5.91 Å². The third-order valence-corrected chi connectivity index (χ3v) is 7.69. The van der Waals surface area contributed by atoms with E-state index in [1.54, 1.807) is 36.5 Å². The predicted octanol–water partition coefficient (Wildman–Crippen LogP) is 3.76. The van der Waals surface area contributed by atoms with Gasteiger partial charge < -0.3 is 4.90 Å². The van der Waals surface area contributed by atoms with Crippen LogP contribution in [0.5, 0.6) is 0 Å². The van der Waals surface area contributed by atoms with Crippen LogP contribution in [-0.2, 0) is 27.8 Å². The monoisotopic (exact) mass is 467 g/mol. The van der Waals surface area contributed by atoms with Crippen molar-refractivity contribution >= 4 is 33.1 Å². The number of hydrogen-bond donors (Lipinski definition) is 1. The SMILES string of the molecule is Cc1ccc(CN(CCc2ccccc2)C(=O)[C@H](C)N=C2NS(=O)(=O)c3ccccc32)s1. The number of thiophene rings is 1. The highest BCUT2D eigenvalue weighted by Gasteiger charge is 2.31. The molecule has 2 heterocycles. The van der Waals surface area contributed by atoms with Crippen LogP contribution in [0.2, 0.25) is 0 Å². The van der Waals surface area contributed by atoms with Crippen molar-refractivity contribution < 1.29 is 13.2 Å². The highest BCUT2D eigenvalue weighted by atomic mass is 32.2. The van der Waals surface area contributed by atoms with Crippen LogP contribution in [0, 0.1) is 6.92 Å². The number of fused-ring (bicyclic) bond motifs is 1. The molecule has 0 saturated carbocycles. The number of nitrogens with zero attached hydrogens (tertiary/aromatic N) is 2. The lowest BCUT2D eigenvalue weighted by atomic mass is 10.1. The average molecular weight is 468 g/mol. The molecular weight excluding hydrogens is 442 g/mol. The van der Waals surface area contributed by atoms with Crippen LogP contribution in [0.3, 0.4) is 0 Å². The molecule has 1 N–H and O–H groups in total. The fraction of sp³-hybridized carbons (Fsp3) is 0.250. The van der Waals surface area contributed by atoms with Crippen LogP contribution in [0.15, 0.2) is 76.6 Å². The fourth-order valence-electron chi connectivity index (χ4n) is 3.68. The predicted molar refractivity (Wildman–Crippen MR) is 127 cm³/mol. The summed E-state index contributed by atoms with van der Waals surface area (Å²) in [5.41, 5.74) is 1.65. The number of nitrogens with one attached hydrogen (secondary N) is 1. The van der Waals surface area contributed by atoms with Crippen LogP contribution in [-0.4, -0.2) is 37.6 Å². The Morgan fingerprint density at radius 1 is 1.06 bits per heavy atom. The summed E-state index contributed by atoms with van der Waals surface area (Å²) in [4.78, 5) is 22.2. The fourth-order valence-corrected chi connectivity index (χ4v) is 5.82. The highest BCUT2D eigenvalue weighted by Crippen LogP contribution is 2.23. The van der Waals surface area contributed by atoms with Gasteiger partial charge in [-0.3, -0.25) is 14.5 Å². The Morgan fingerprint density at radius 2 is 1.78 bits per heavy atom. The Labute approximate surface area is 192 Å². The van der Waals surface area contributed by atoms with Gasteiger partial charge in [0.05, 0.1) is 11.4 Å². The van der Waals surface area contributed by atoms with Gasteiger partial charge in [0, 0.05) is 21.9 Å². The smallest absolute Gasteiger partial charge is 0.263 e. The Balaban J connectivity index is 1.56. The average Bonchev–Trinajstić information content (AvgIpc) is 3.31. The van der Waals surface area contributed by atoms with Gasteiger partial charge in [0.25, 0.3) is 10.0 Å². The van der Waals surface area contributed by atoms with E-state index in [4.69, 9.17) is 0 Å². The Morgan fingerprint density at radius 3 is 2.50 bits per heavy atom. The molecule has 0 radical (unpaired) electrons. The van der Waals surface area contributed by atoms with E-state index < -0.39 is 16.1 Å². The molecule has 0 unspecified atom stereocenters. The second kappa shape index (κ2) is 9.26. The Kier molecular flexibility index (Phi) is 6.43. The topological polar surface area (TPSA) is 78.8 Å². The molecule has 0 aliphatic carbocycles. The number of hydrogen-bond acceptors (Lipinski definition) is 5. The summed E-state index contributed by atoms with van der Waals surface area (Å²) in [6, 6.07) is 20.1. The lowest BCUT2D eigenvalue weighted by Gasteiger charge is -2.24. The standard InChI is InChI=1S/C24H25N3O3S2/c1-17-12-13-20(31-17)16-27(15-14-19-8-4-3-5-9-19)24(28)18(2)25-23-21-10-6-7-11-22(21)32(29,30)26-23/h3-13,18H,14-16H2,1-2H3,(H,25,26)/t18-/m0/s1. The number of benzene rings is 2. The van der Waals surface area contributed by atoms with Gasteiger partial charge in [-0.05, 0) is 50.1 Å². The van der Waals surface area contributed by atoms with Crippen molar-refractivity contribution in [1.29, 1.82) is 0 Å². The third-order valence-electron chi connectivity index (χ3n) is 5.31. The van der Waals surface area contributed by atoms with E-state index in [1.165, 1.54) is 10.9 Å². The minimum Gasteiger partial charge on any atom is -0.335 e. The normalized spacial score (nSPS) is 16.4. The molecule has 1 atom stereocenters. The van der Waals surface area contributed by atoms with Gasteiger partial charge in [-0.15, -0.1) is 11.3 Å². The summed E-state index contributed by atoms with van der Waals surface area (Å²) in [6.45, 7) is 4.81. The number of rotatable bonds is 7. The number of aryl methyl sites for hydroxylation is 1. The maximum atomic E-state index is 13.4. The van der Waals surface area contributed by atoms with E-state index in [-0.39, 0.29) is 16.6 Å². The number of sulfonamides is 1. The van der Waals surface area contributed by atoms with Crippen molar-refractivity contribution in [2.45, 2.75) is 37.8 Å². The summed E-state index contributed by atoms with van der Waals surface area (Å²) in [5.74, 6) is 0.0829. The van der Waals surface area contributed by atoms with Gasteiger partial charge in [0.1, 0.15) is 11.9 Å². The summed E-state index contributed by atoms with van der Waals surface area (Å²) in [7, 11) is -3.64. The zero-order valence-corrected chi connectivity index (χ0v) is 19.6. The van der Waals surface area contributed by atoms with E-state index in [0.29, 0.717) is 18.7 Å². The minimum absolute atomic E-state index is 0.136. The lowest BCUT2D eigenvalue weighted by Crippen LogP contribution is -2.39. The van der Waals surface area contributed by atoms with Crippen molar-refractivity contribution in [3.63, 3.8) is 0 Å². The third kappa shape index (κ3) is 4.92. The molecule has 1 aliphatic heterocycles. The van der Waals surface area contributed by atoms with E-state index in [1.807, 2.05) is 54.3 Å². The van der Waals surface area contributed by atoms with Gasteiger partial charge >= 0.3 is 0 Å². The Hall–Kier alpha value is -2.97. The van der Waals surface area contributed by atoms with E-state index >= 15 is 0 Å². The second-order valence-electron chi connectivity index (χ2n) is 7.76. The first kappa shape index (κ1) is 22.2. The molecule has 166 valence electrons. The van der Waals surface area contributed by atoms with Gasteiger partial charge in [-0.1, -0.05) is 42.5 Å². The van der Waals surface area contributed by atoms with Gasteiger partial charge in [-0.25, -0.2) is 8.42 Å². The molecule has 8 heteroatoms. The van der Waals surface area contributed by atoms with Crippen LogP contribution in [0.25, 0.3) is 0 Å². The quantitative estimate of drug-likeness (QED) is 0.575. The van der Waals surface area contributed by atoms with Crippen molar-refractivity contribution in [3.05, 3.63) is 87.6 Å². The van der Waals surface area contributed by atoms with E-state index in [9.17, 15) is 13.2 Å². The molecule has 1 aromatic heterocycles. The molecule has 0 spiro atoms. The molecule has 1 amide bonds. The zero-order chi connectivity index (χ0) is 22.7. The zero-order valence-electron chi connectivity index (χ0n) is 18.0. The van der Waals surface area contributed by atoms with E-state index in [2.05, 4.69) is 9.71 Å². The molecule has 0 bridgehead atoms. The van der Waals surface area contributed by atoms with Crippen molar-refractivity contribution in [3.8, 4) is 0 Å². The number of aliphatic imine (C=N–C) groups is 1. The first-order chi connectivity index (χ1) is 15.3. The van der Waals surface area contributed by atoms with Crippen molar-refractivity contribution in [1.82, 2.24) is 9.62 Å². The minimum atomic E-state index is -3.64. The lowest BCUT2D eigenvalue weighted by molar-refractivity contribution is -0.132. The summed E-state index contributed by atoms with van der Waals surface area (Å²) < 4.78 is 27.2. The Bertz CT molecular complexity index is 1250. The highest BCUT2D eigenvalue weighted by molar-refractivity contribution is 7.90. The molecule has 2 aromatic carbocycles. The van der Waals surface area contributed by atoms with Gasteiger partial charge in [-0.2, -0.15) is 0 Å². The molecule has 0 saturated heterocycles. The number of amides is 1. The maximum absolute atomic E-state index is 13.4. The summed E-state index contributed by atoms with van der Waals surface area (Å²) >= 11 is 1.67. The number of carbonyl (C=O) groups excluding carboxylic acids is 1. The summed E-state index contributed by atoms with van der Waals surface area (Å²) in [6.07, 6.45) is 0.732. The van der Waals surface area contributed by atoms with Crippen molar-refractivity contribution in [2.75, 3.05) is 6.54 Å². The largest absolute Gasteiger partial charge is 0.335 e. The van der Waals surface area contributed by atoms with E-state index in [0.717, 1.165) is 16.9 Å². The van der Waals surface area contributed by atoms with Crippen LogP contribution in [0.4, 0.5) is 0 Å². The molecule has 4 rings (SSSR count). The maximum Gasteiger partial charge on any atom is 0.263 e. The second-order valence-corrected chi connectivity index (χ2v) is 10.8. The molecule has 0 fully saturated rings. The van der Waals surface area contributed by atoms with Gasteiger partial charge in [0.15, 0.2) is 0 Å². The molecular formula is C24H25N3O3S2. The first-order valence-electron chi connectivity index (χ1n) is 10.4. The van der Waals surface area contributed by atoms with Crippen LogP contribution in [0.1, 0.15) is 27.8 Å². The summed E-state index contributed by atoms with van der Waals surface area (Å²) in [5, 5.41) is 0. The molecule has 32 heavy (non-hydrogen) atoms. The number of carbonyl (C=O) groups is 1. The molecule has 3 aromatic rings. The number of amidine groups is 1. The van der Waals surface area contributed by atoms with Crippen LogP contribution >= 0.6 is 11.3 Å². The molecule has 1 aliphatic rings. The molecule has 6 nitrogen and oxygen atoms in total. The van der Waals surface area contributed by atoms with Crippen LogP contribution < -0.4 is 4.72 Å². The van der Waals surface area contributed by atoms with Crippen molar-refractivity contribution in [2.24, 2.45) is 4.99 Å².